The van der Waals surface area contributed by atoms with Gasteiger partial charge in [0.2, 0.25) is 5.91 Å². The first-order valence-corrected chi connectivity index (χ1v) is 9.26. The Bertz CT molecular complexity index is 723. The summed E-state index contributed by atoms with van der Waals surface area (Å²) in [5.74, 6) is 0.547. The molecule has 1 aromatic carbocycles. The third-order valence-corrected chi connectivity index (χ3v) is 5.51. The average molecular weight is 335 g/mol. The fraction of sp³-hybridized carbons (Fsp3) is 0.429. The van der Waals surface area contributed by atoms with Crippen LogP contribution in [0.25, 0.3) is 0 Å². The van der Waals surface area contributed by atoms with E-state index in [1.807, 2.05) is 18.5 Å². The smallest absolute Gasteiger partial charge is 0.226 e. The summed E-state index contributed by atoms with van der Waals surface area (Å²) in [4.78, 5) is 21.6. The molecule has 0 bridgehead atoms. The van der Waals surface area contributed by atoms with E-state index in [-0.39, 0.29) is 5.92 Å². The van der Waals surface area contributed by atoms with Crippen LogP contribution in [-0.2, 0) is 24.3 Å². The summed E-state index contributed by atoms with van der Waals surface area (Å²) in [5.41, 5.74) is 3.97. The maximum absolute atomic E-state index is 12.9. The lowest BCUT2D eigenvalue weighted by atomic mass is 9.93. The highest BCUT2D eigenvalue weighted by Crippen LogP contribution is 2.25. The molecule has 1 saturated heterocycles. The van der Waals surface area contributed by atoms with Gasteiger partial charge in [-0.3, -0.25) is 14.7 Å². The number of likely N-dealkylation sites (tertiary alicyclic amines) is 1. The number of hydrogen-bond acceptors (Lipinski definition) is 3. The standard InChI is InChI=1S/C21H25N3O/c25-21(24-13-9-18-5-1-2-6-20(18)16-24)19-7-11-23(12-8-19)15-17-4-3-10-22-14-17/h1-6,10,14,19H,7-9,11-13,15-16H2. The fourth-order valence-corrected chi connectivity index (χ4v) is 4.03. The highest BCUT2D eigenvalue weighted by molar-refractivity contribution is 5.79. The summed E-state index contributed by atoms with van der Waals surface area (Å²) < 4.78 is 0. The molecule has 130 valence electrons. The molecule has 0 aliphatic carbocycles. The number of aromatic nitrogens is 1. The van der Waals surface area contributed by atoms with E-state index < -0.39 is 0 Å². The first kappa shape index (κ1) is 16.3. The number of benzene rings is 1. The zero-order valence-corrected chi connectivity index (χ0v) is 14.6. The second-order valence-electron chi connectivity index (χ2n) is 7.19. The molecule has 2 aromatic rings. The van der Waals surface area contributed by atoms with Crippen LogP contribution in [-0.4, -0.2) is 40.3 Å². The number of carbonyl (C=O) groups is 1. The molecule has 2 aliphatic heterocycles. The van der Waals surface area contributed by atoms with Gasteiger partial charge in [-0.2, -0.15) is 0 Å². The van der Waals surface area contributed by atoms with Crippen LogP contribution in [0.3, 0.4) is 0 Å². The lowest BCUT2D eigenvalue weighted by Crippen LogP contribution is -2.44. The van der Waals surface area contributed by atoms with Crippen molar-refractivity contribution in [3.05, 3.63) is 65.5 Å². The van der Waals surface area contributed by atoms with Gasteiger partial charge in [0.25, 0.3) is 0 Å². The molecule has 4 rings (SSSR count). The van der Waals surface area contributed by atoms with E-state index in [0.717, 1.165) is 52.0 Å². The molecule has 0 unspecified atom stereocenters. The quantitative estimate of drug-likeness (QED) is 0.865. The van der Waals surface area contributed by atoms with Crippen LogP contribution in [0.4, 0.5) is 0 Å². The monoisotopic (exact) mass is 335 g/mol. The SMILES string of the molecule is O=C(C1CCN(Cc2cccnc2)CC1)N1CCc2ccccc2C1. The van der Waals surface area contributed by atoms with Gasteiger partial charge in [0.15, 0.2) is 0 Å². The van der Waals surface area contributed by atoms with Crippen molar-refractivity contribution >= 4 is 5.91 Å². The van der Waals surface area contributed by atoms with E-state index in [0.29, 0.717) is 5.91 Å². The van der Waals surface area contributed by atoms with Crippen molar-refractivity contribution in [2.24, 2.45) is 5.92 Å². The van der Waals surface area contributed by atoms with Crippen LogP contribution in [0.15, 0.2) is 48.8 Å². The van der Waals surface area contributed by atoms with E-state index in [4.69, 9.17) is 0 Å². The molecule has 0 radical (unpaired) electrons. The Hall–Kier alpha value is -2.20. The van der Waals surface area contributed by atoms with Crippen LogP contribution in [0.2, 0.25) is 0 Å². The summed E-state index contributed by atoms with van der Waals surface area (Å²) in [6, 6.07) is 12.6. The maximum atomic E-state index is 12.9. The predicted octanol–water partition coefficient (Wildman–Crippen LogP) is 2.88. The van der Waals surface area contributed by atoms with Crippen LogP contribution in [0.1, 0.15) is 29.5 Å². The van der Waals surface area contributed by atoms with Crippen molar-refractivity contribution in [1.29, 1.82) is 0 Å². The number of rotatable bonds is 3. The van der Waals surface area contributed by atoms with Gasteiger partial charge >= 0.3 is 0 Å². The van der Waals surface area contributed by atoms with Gasteiger partial charge < -0.3 is 4.90 Å². The molecular formula is C21H25N3O. The molecule has 0 spiro atoms. The van der Waals surface area contributed by atoms with E-state index in [1.165, 1.54) is 16.7 Å². The number of fused-ring (bicyclic) bond motifs is 1. The molecule has 1 fully saturated rings. The Morgan fingerprint density at radius 2 is 1.84 bits per heavy atom. The topological polar surface area (TPSA) is 36.4 Å². The zero-order chi connectivity index (χ0) is 17.1. The van der Waals surface area contributed by atoms with Gasteiger partial charge in [0.1, 0.15) is 0 Å². The number of amides is 1. The normalized spacial score (nSPS) is 18.8. The van der Waals surface area contributed by atoms with Crippen molar-refractivity contribution in [2.75, 3.05) is 19.6 Å². The Balaban J connectivity index is 1.31. The summed E-state index contributed by atoms with van der Waals surface area (Å²) in [7, 11) is 0. The van der Waals surface area contributed by atoms with Gasteiger partial charge in [-0.05, 0) is 55.1 Å². The Morgan fingerprint density at radius 1 is 1.04 bits per heavy atom. The van der Waals surface area contributed by atoms with Gasteiger partial charge in [-0.25, -0.2) is 0 Å². The number of piperidine rings is 1. The molecule has 3 heterocycles. The molecule has 0 saturated carbocycles. The number of carbonyl (C=O) groups excluding carboxylic acids is 1. The largest absolute Gasteiger partial charge is 0.338 e. The van der Waals surface area contributed by atoms with Gasteiger partial charge in [0.05, 0.1) is 0 Å². The first-order chi connectivity index (χ1) is 12.3. The molecular weight excluding hydrogens is 310 g/mol. The van der Waals surface area contributed by atoms with Crippen LogP contribution >= 0.6 is 0 Å². The molecule has 0 N–H and O–H groups in total. The fourth-order valence-electron chi connectivity index (χ4n) is 4.03. The number of pyridine rings is 1. The lowest BCUT2D eigenvalue weighted by Gasteiger charge is -2.36. The second-order valence-corrected chi connectivity index (χ2v) is 7.19. The first-order valence-electron chi connectivity index (χ1n) is 9.26. The summed E-state index contributed by atoms with van der Waals surface area (Å²) in [6.45, 7) is 4.58. The highest BCUT2D eigenvalue weighted by atomic mass is 16.2. The molecule has 4 nitrogen and oxygen atoms in total. The Morgan fingerprint density at radius 3 is 2.60 bits per heavy atom. The van der Waals surface area contributed by atoms with Crippen molar-refractivity contribution < 1.29 is 4.79 Å². The van der Waals surface area contributed by atoms with Crippen molar-refractivity contribution in [3.63, 3.8) is 0 Å². The number of hydrogen-bond donors (Lipinski definition) is 0. The minimum absolute atomic E-state index is 0.190. The third kappa shape index (κ3) is 3.74. The summed E-state index contributed by atoms with van der Waals surface area (Å²) in [6.07, 6.45) is 6.67. The van der Waals surface area contributed by atoms with E-state index in [1.54, 1.807) is 0 Å². The zero-order valence-electron chi connectivity index (χ0n) is 14.6. The van der Waals surface area contributed by atoms with E-state index >= 15 is 0 Å². The van der Waals surface area contributed by atoms with Crippen LogP contribution in [0.5, 0.6) is 0 Å². The third-order valence-electron chi connectivity index (χ3n) is 5.51. The minimum atomic E-state index is 0.190. The number of nitrogens with zero attached hydrogens (tertiary/aromatic N) is 3. The predicted molar refractivity (Wildman–Crippen MR) is 97.8 cm³/mol. The molecule has 1 amide bonds. The maximum Gasteiger partial charge on any atom is 0.226 e. The van der Waals surface area contributed by atoms with Crippen molar-refractivity contribution in [2.45, 2.75) is 32.4 Å². The second kappa shape index (κ2) is 7.36. The Kier molecular flexibility index (Phi) is 4.79. The van der Waals surface area contributed by atoms with Gasteiger partial charge in [-0.15, -0.1) is 0 Å². The molecule has 25 heavy (non-hydrogen) atoms. The van der Waals surface area contributed by atoms with Crippen LogP contribution < -0.4 is 0 Å². The lowest BCUT2D eigenvalue weighted by molar-refractivity contribution is -0.138. The molecule has 2 aliphatic rings. The van der Waals surface area contributed by atoms with Gasteiger partial charge in [-0.1, -0.05) is 30.3 Å². The minimum Gasteiger partial charge on any atom is -0.338 e. The van der Waals surface area contributed by atoms with Crippen molar-refractivity contribution in [3.8, 4) is 0 Å². The average Bonchev–Trinajstić information content (AvgIpc) is 2.68. The van der Waals surface area contributed by atoms with Gasteiger partial charge in [0, 0.05) is 37.9 Å². The molecule has 1 aromatic heterocycles. The summed E-state index contributed by atoms with van der Waals surface area (Å²) in [5, 5.41) is 0. The van der Waals surface area contributed by atoms with Crippen molar-refractivity contribution in [1.82, 2.24) is 14.8 Å². The highest BCUT2D eigenvalue weighted by Gasteiger charge is 2.30. The molecule has 0 atom stereocenters. The molecule has 4 heteroatoms. The van der Waals surface area contributed by atoms with E-state index in [9.17, 15) is 4.79 Å². The van der Waals surface area contributed by atoms with E-state index in [2.05, 4.69) is 45.1 Å². The summed E-state index contributed by atoms with van der Waals surface area (Å²) >= 11 is 0. The van der Waals surface area contributed by atoms with Crippen LogP contribution in [0, 0.1) is 5.92 Å². The Labute approximate surface area is 149 Å².